The average Bonchev–Trinajstić information content (AvgIpc) is 2.65. The molecule has 2 rings (SSSR count). The predicted octanol–water partition coefficient (Wildman–Crippen LogP) is 2.32. The fraction of sp³-hybridized carbons (Fsp3) is 0.250. The van der Waals surface area contributed by atoms with Gasteiger partial charge in [0.1, 0.15) is 0 Å². The van der Waals surface area contributed by atoms with Gasteiger partial charge in [0.05, 0.1) is 11.7 Å². The van der Waals surface area contributed by atoms with Gasteiger partial charge in [0, 0.05) is 18.3 Å². The van der Waals surface area contributed by atoms with Gasteiger partial charge < -0.3 is 5.73 Å². The Bertz CT molecular complexity index is 479. The molecule has 1 aromatic carbocycles. The summed E-state index contributed by atoms with van der Waals surface area (Å²) in [5.41, 5.74) is 8.11. The zero-order valence-electron chi connectivity index (χ0n) is 9.10. The van der Waals surface area contributed by atoms with E-state index in [-0.39, 0.29) is 6.04 Å². The Morgan fingerprint density at radius 2 is 2.25 bits per heavy atom. The third kappa shape index (κ3) is 2.62. The van der Waals surface area contributed by atoms with Gasteiger partial charge in [0.25, 0.3) is 0 Å². The van der Waals surface area contributed by atoms with Crippen LogP contribution in [-0.4, -0.2) is 9.78 Å². The van der Waals surface area contributed by atoms with Gasteiger partial charge in [-0.3, -0.25) is 4.68 Å². The van der Waals surface area contributed by atoms with E-state index in [1.165, 1.54) is 0 Å². The number of hydrogen-bond acceptors (Lipinski definition) is 2. The van der Waals surface area contributed by atoms with Crippen LogP contribution in [0.1, 0.15) is 17.3 Å². The van der Waals surface area contributed by atoms with Crippen molar-refractivity contribution in [3.63, 3.8) is 0 Å². The van der Waals surface area contributed by atoms with Gasteiger partial charge in [-0.25, -0.2) is 0 Å². The first-order valence-corrected chi connectivity index (χ1v) is 5.52. The van der Waals surface area contributed by atoms with Crippen LogP contribution in [0.15, 0.2) is 36.5 Å². The normalized spacial score (nSPS) is 12.7. The molecule has 2 aromatic rings. The zero-order valence-corrected chi connectivity index (χ0v) is 9.85. The van der Waals surface area contributed by atoms with Gasteiger partial charge in [-0.1, -0.05) is 23.7 Å². The van der Waals surface area contributed by atoms with Crippen molar-refractivity contribution in [1.82, 2.24) is 9.78 Å². The van der Waals surface area contributed by atoms with E-state index >= 15 is 0 Å². The highest BCUT2D eigenvalue weighted by Crippen LogP contribution is 2.17. The van der Waals surface area contributed by atoms with Crippen molar-refractivity contribution in [2.24, 2.45) is 12.8 Å². The van der Waals surface area contributed by atoms with E-state index in [2.05, 4.69) is 5.10 Å². The molecule has 16 heavy (non-hydrogen) atoms. The molecule has 1 atom stereocenters. The van der Waals surface area contributed by atoms with Crippen LogP contribution >= 0.6 is 11.6 Å². The van der Waals surface area contributed by atoms with Crippen LogP contribution in [0.3, 0.4) is 0 Å². The second kappa shape index (κ2) is 4.68. The molecule has 84 valence electrons. The van der Waals surface area contributed by atoms with E-state index in [0.29, 0.717) is 0 Å². The molecule has 0 saturated carbocycles. The minimum atomic E-state index is -0.0836. The van der Waals surface area contributed by atoms with Crippen molar-refractivity contribution in [3.8, 4) is 0 Å². The standard InChI is InChI=1S/C12H14ClN3/c1-16-6-5-12(15-16)11(14)8-9-3-2-4-10(13)7-9/h2-7,11H,8,14H2,1H3. The maximum Gasteiger partial charge on any atom is 0.0795 e. The first kappa shape index (κ1) is 11.2. The highest BCUT2D eigenvalue weighted by atomic mass is 35.5. The summed E-state index contributed by atoms with van der Waals surface area (Å²) in [5.74, 6) is 0. The Hall–Kier alpha value is -1.32. The first-order chi connectivity index (χ1) is 7.65. The van der Waals surface area contributed by atoms with E-state index in [1.54, 1.807) is 4.68 Å². The number of aryl methyl sites for hydroxylation is 1. The average molecular weight is 236 g/mol. The van der Waals surface area contributed by atoms with Crippen LogP contribution in [0.4, 0.5) is 0 Å². The molecule has 1 heterocycles. The van der Waals surface area contributed by atoms with Crippen LogP contribution in [-0.2, 0) is 13.5 Å². The van der Waals surface area contributed by atoms with Crippen LogP contribution in [0.25, 0.3) is 0 Å². The molecule has 0 saturated heterocycles. The summed E-state index contributed by atoms with van der Waals surface area (Å²) in [6.07, 6.45) is 2.64. The summed E-state index contributed by atoms with van der Waals surface area (Å²) in [6.45, 7) is 0. The Balaban J connectivity index is 2.10. The number of aromatic nitrogens is 2. The number of nitrogens with two attached hydrogens (primary N) is 1. The van der Waals surface area contributed by atoms with Gasteiger partial charge in [-0.05, 0) is 30.2 Å². The molecular formula is C12H14ClN3. The molecule has 3 nitrogen and oxygen atoms in total. The molecule has 0 fully saturated rings. The van der Waals surface area contributed by atoms with Gasteiger partial charge in [-0.15, -0.1) is 0 Å². The van der Waals surface area contributed by atoms with E-state index in [9.17, 15) is 0 Å². The highest BCUT2D eigenvalue weighted by molar-refractivity contribution is 6.30. The summed E-state index contributed by atoms with van der Waals surface area (Å²) in [4.78, 5) is 0. The lowest BCUT2D eigenvalue weighted by molar-refractivity contribution is 0.657. The third-order valence-corrected chi connectivity index (χ3v) is 2.69. The van der Waals surface area contributed by atoms with Crippen LogP contribution in [0, 0.1) is 0 Å². The number of halogens is 1. The van der Waals surface area contributed by atoms with Crippen molar-refractivity contribution in [2.75, 3.05) is 0 Å². The van der Waals surface area contributed by atoms with Crippen LogP contribution in [0.2, 0.25) is 5.02 Å². The molecule has 0 bridgehead atoms. The predicted molar refractivity (Wildman–Crippen MR) is 65.3 cm³/mol. The molecule has 0 spiro atoms. The van der Waals surface area contributed by atoms with Crippen molar-refractivity contribution < 1.29 is 0 Å². The number of hydrogen-bond donors (Lipinski definition) is 1. The van der Waals surface area contributed by atoms with E-state index in [1.807, 2.05) is 43.6 Å². The van der Waals surface area contributed by atoms with Crippen LogP contribution in [0.5, 0.6) is 0 Å². The first-order valence-electron chi connectivity index (χ1n) is 5.15. The maximum absolute atomic E-state index is 6.07. The smallest absolute Gasteiger partial charge is 0.0795 e. The Morgan fingerprint density at radius 1 is 1.44 bits per heavy atom. The largest absolute Gasteiger partial charge is 0.322 e. The molecule has 1 unspecified atom stereocenters. The number of rotatable bonds is 3. The lowest BCUT2D eigenvalue weighted by atomic mass is 10.0. The quantitative estimate of drug-likeness (QED) is 0.887. The summed E-state index contributed by atoms with van der Waals surface area (Å²) >= 11 is 5.92. The monoisotopic (exact) mass is 235 g/mol. The van der Waals surface area contributed by atoms with Gasteiger partial charge >= 0.3 is 0 Å². The molecule has 0 aliphatic carbocycles. The SMILES string of the molecule is Cn1ccc(C(N)Cc2cccc(Cl)c2)n1. The minimum absolute atomic E-state index is 0.0836. The Kier molecular flexibility index (Phi) is 3.27. The van der Waals surface area contributed by atoms with Crippen molar-refractivity contribution in [1.29, 1.82) is 0 Å². The summed E-state index contributed by atoms with van der Waals surface area (Å²) in [6, 6.07) is 9.61. The lowest BCUT2D eigenvalue weighted by Gasteiger charge is -2.08. The molecule has 0 radical (unpaired) electrons. The molecule has 4 heteroatoms. The zero-order chi connectivity index (χ0) is 11.5. The number of benzene rings is 1. The molecule has 0 aliphatic heterocycles. The van der Waals surface area contributed by atoms with E-state index < -0.39 is 0 Å². The topological polar surface area (TPSA) is 43.8 Å². The molecule has 0 aliphatic rings. The fourth-order valence-electron chi connectivity index (χ4n) is 1.65. The fourth-order valence-corrected chi connectivity index (χ4v) is 1.87. The maximum atomic E-state index is 6.07. The van der Waals surface area contributed by atoms with Gasteiger partial charge in [0.2, 0.25) is 0 Å². The van der Waals surface area contributed by atoms with Crippen LogP contribution < -0.4 is 5.73 Å². The molecule has 1 aromatic heterocycles. The molecular weight excluding hydrogens is 222 g/mol. The molecule has 0 amide bonds. The summed E-state index contributed by atoms with van der Waals surface area (Å²) in [7, 11) is 1.88. The lowest BCUT2D eigenvalue weighted by Crippen LogP contribution is -2.14. The van der Waals surface area contributed by atoms with Crippen molar-refractivity contribution in [3.05, 3.63) is 52.8 Å². The van der Waals surface area contributed by atoms with E-state index in [4.69, 9.17) is 17.3 Å². The summed E-state index contributed by atoms with van der Waals surface area (Å²) in [5, 5.41) is 5.03. The highest BCUT2D eigenvalue weighted by Gasteiger charge is 2.09. The minimum Gasteiger partial charge on any atom is -0.322 e. The second-order valence-electron chi connectivity index (χ2n) is 3.85. The van der Waals surface area contributed by atoms with Gasteiger partial charge in [0.15, 0.2) is 0 Å². The third-order valence-electron chi connectivity index (χ3n) is 2.46. The van der Waals surface area contributed by atoms with Crippen molar-refractivity contribution >= 4 is 11.6 Å². The summed E-state index contributed by atoms with van der Waals surface area (Å²) < 4.78 is 1.76. The Morgan fingerprint density at radius 3 is 2.88 bits per heavy atom. The second-order valence-corrected chi connectivity index (χ2v) is 4.29. The van der Waals surface area contributed by atoms with Gasteiger partial charge in [-0.2, -0.15) is 5.10 Å². The molecule has 2 N–H and O–H groups in total. The number of nitrogens with zero attached hydrogens (tertiary/aromatic N) is 2. The van der Waals surface area contributed by atoms with E-state index in [0.717, 1.165) is 22.7 Å². The van der Waals surface area contributed by atoms with Crippen molar-refractivity contribution in [2.45, 2.75) is 12.5 Å². The Labute approximate surface area is 99.8 Å².